The van der Waals surface area contributed by atoms with Crippen molar-refractivity contribution in [3.05, 3.63) is 64.2 Å². The maximum absolute atomic E-state index is 2.50. The Bertz CT molecular complexity index is 826. The summed E-state index contributed by atoms with van der Waals surface area (Å²) in [7, 11) is 0. The first kappa shape index (κ1) is 19.0. The van der Waals surface area contributed by atoms with E-state index in [1.54, 1.807) is 5.57 Å². The minimum absolute atomic E-state index is 0.128. The van der Waals surface area contributed by atoms with Crippen LogP contribution in [0.3, 0.4) is 0 Å². The van der Waals surface area contributed by atoms with Gasteiger partial charge in [0.2, 0.25) is 0 Å². The number of allylic oxidation sites excluding steroid dienone is 1. The molecule has 0 saturated carbocycles. The summed E-state index contributed by atoms with van der Waals surface area (Å²) in [5, 5.41) is 0. The van der Waals surface area contributed by atoms with Crippen LogP contribution >= 0.6 is 0 Å². The SMILES string of the molecule is CC(C)CC1=Cc2c(ccc(C(C)(C)C)c2-c2ccccc2C(C)C)C1. The van der Waals surface area contributed by atoms with Crippen molar-refractivity contribution >= 4 is 6.08 Å². The second kappa shape index (κ2) is 7.06. The lowest BCUT2D eigenvalue weighted by Crippen LogP contribution is -2.14. The molecule has 0 heteroatoms. The fourth-order valence-electron chi connectivity index (χ4n) is 4.28. The molecule has 26 heavy (non-hydrogen) atoms. The summed E-state index contributed by atoms with van der Waals surface area (Å²) < 4.78 is 0. The molecule has 2 aromatic rings. The first-order valence-corrected chi connectivity index (χ1v) is 10.1. The van der Waals surface area contributed by atoms with Gasteiger partial charge in [-0.2, -0.15) is 0 Å². The number of hydrogen-bond donors (Lipinski definition) is 0. The molecule has 0 aliphatic heterocycles. The van der Waals surface area contributed by atoms with E-state index in [-0.39, 0.29) is 5.41 Å². The van der Waals surface area contributed by atoms with Crippen molar-refractivity contribution in [2.45, 2.75) is 72.6 Å². The van der Waals surface area contributed by atoms with Gasteiger partial charge in [-0.1, -0.05) is 96.5 Å². The van der Waals surface area contributed by atoms with E-state index in [4.69, 9.17) is 0 Å². The normalized spacial score (nSPS) is 14.1. The number of fused-ring (bicyclic) bond motifs is 1. The van der Waals surface area contributed by atoms with Crippen molar-refractivity contribution in [1.29, 1.82) is 0 Å². The first-order chi connectivity index (χ1) is 12.2. The van der Waals surface area contributed by atoms with Crippen molar-refractivity contribution in [3.8, 4) is 11.1 Å². The average Bonchev–Trinajstić information content (AvgIpc) is 2.94. The van der Waals surface area contributed by atoms with Crippen LogP contribution in [-0.4, -0.2) is 0 Å². The highest BCUT2D eigenvalue weighted by molar-refractivity contribution is 5.85. The van der Waals surface area contributed by atoms with Crippen LogP contribution in [-0.2, 0) is 11.8 Å². The van der Waals surface area contributed by atoms with Gasteiger partial charge in [0.15, 0.2) is 0 Å². The second-order valence-electron chi connectivity index (χ2n) is 9.63. The van der Waals surface area contributed by atoms with E-state index in [0.717, 1.165) is 6.42 Å². The predicted molar refractivity (Wildman–Crippen MR) is 116 cm³/mol. The van der Waals surface area contributed by atoms with Crippen LogP contribution < -0.4 is 0 Å². The fraction of sp³-hybridized carbons (Fsp3) is 0.462. The summed E-state index contributed by atoms with van der Waals surface area (Å²) in [6.07, 6.45) is 4.82. The van der Waals surface area contributed by atoms with E-state index in [1.165, 1.54) is 39.8 Å². The topological polar surface area (TPSA) is 0 Å². The van der Waals surface area contributed by atoms with E-state index in [0.29, 0.717) is 11.8 Å². The van der Waals surface area contributed by atoms with Crippen LogP contribution in [0.2, 0.25) is 0 Å². The number of hydrogen-bond acceptors (Lipinski definition) is 0. The number of benzene rings is 2. The molecule has 0 aromatic heterocycles. The Morgan fingerprint density at radius 1 is 0.923 bits per heavy atom. The summed E-state index contributed by atoms with van der Waals surface area (Å²) >= 11 is 0. The molecule has 0 bridgehead atoms. The monoisotopic (exact) mass is 346 g/mol. The maximum Gasteiger partial charge on any atom is -0.00575 e. The van der Waals surface area contributed by atoms with E-state index in [1.807, 2.05) is 0 Å². The third kappa shape index (κ3) is 3.65. The molecular weight excluding hydrogens is 312 g/mol. The van der Waals surface area contributed by atoms with Crippen molar-refractivity contribution in [3.63, 3.8) is 0 Å². The Hall–Kier alpha value is -1.82. The summed E-state index contributed by atoms with van der Waals surface area (Å²) in [4.78, 5) is 0. The Morgan fingerprint density at radius 2 is 1.62 bits per heavy atom. The molecule has 3 rings (SSSR count). The third-order valence-electron chi connectivity index (χ3n) is 5.43. The molecule has 0 spiro atoms. The molecule has 1 aliphatic rings. The largest absolute Gasteiger partial charge is 0.0649 e. The zero-order valence-corrected chi connectivity index (χ0v) is 17.6. The van der Waals surface area contributed by atoms with Crippen molar-refractivity contribution < 1.29 is 0 Å². The molecule has 0 amide bonds. The highest BCUT2D eigenvalue weighted by Crippen LogP contribution is 2.44. The molecule has 0 fully saturated rings. The van der Waals surface area contributed by atoms with Crippen molar-refractivity contribution in [2.75, 3.05) is 0 Å². The Kier molecular flexibility index (Phi) is 5.15. The average molecular weight is 347 g/mol. The minimum Gasteiger partial charge on any atom is -0.0649 e. The van der Waals surface area contributed by atoms with Crippen LogP contribution in [0.25, 0.3) is 17.2 Å². The summed E-state index contributed by atoms with van der Waals surface area (Å²) in [6, 6.07) is 13.8. The van der Waals surface area contributed by atoms with Gasteiger partial charge >= 0.3 is 0 Å². The quantitative estimate of drug-likeness (QED) is 0.530. The summed E-state index contributed by atoms with van der Waals surface area (Å²) in [6.45, 7) is 16.3. The standard InChI is InChI=1S/C26H34/c1-17(2)14-19-15-20-12-13-24(26(5,6)7)25(23(20)16-19)22-11-9-8-10-21(22)18(3)4/h8-13,16-18H,14-15H2,1-7H3. The van der Waals surface area contributed by atoms with Crippen LogP contribution in [0.5, 0.6) is 0 Å². The minimum atomic E-state index is 0.128. The summed E-state index contributed by atoms with van der Waals surface area (Å²) in [5.74, 6) is 1.24. The lowest BCUT2D eigenvalue weighted by molar-refractivity contribution is 0.591. The smallest absolute Gasteiger partial charge is 0.00575 e. The molecule has 0 heterocycles. The van der Waals surface area contributed by atoms with E-state index in [2.05, 4.69) is 90.9 Å². The molecule has 0 atom stereocenters. The predicted octanol–water partition coefficient (Wildman–Crippen LogP) is 7.76. The third-order valence-corrected chi connectivity index (χ3v) is 5.43. The van der Waals surface area contributed by atoms with Gasteiger partial charge in [-0.15, -0.1) is 0 Å². The van der Waals surface area contributed by atoms with Crippen LogP contribution in [0.1, 0.15) is 83.1 Å². The van der Waals surface area contributed by atoms with Gasteiger partial charge in [0.25, 0.3) is 0 Å². The van der Waals surface area contributed by atoms with Gasteiger partial charge in [0.1, 0.15) is 0 Å². The van der Waals surface area contributed by atoms with Crippen molar-refractivity contribution in [2.24, 2.45) is 5.92 Å². The zero-order valence-electron chi connectivity index (χ0n) is 17.6. The maximum atomic E-state index is 2.50. The van der Waals surface area contributed by atoms with E-state index in [9.17, 15) is 0 Å². The lowest BCUT2D eigenvalue weighted by atomic mass is 9.77. The van der Waals surface area contributed by atoms with Crippen LogP contribution in [0, 0.1) is 5.92 Å². The zero-order chi connectivity index (χ0) is 19.1. The summed E-state index contributed by atoms with van der Waals surface area (Å²) in [5.41, 5.74) is 10.5. The molecule has 0 saturated heterocycles. The molecule has 1 aliphatic carbocycles. The first-order valence-electron chi connectivity index (χ1n) is 10.1. The molecule has 0 radical (unpaired) electrons. The van der Waals surface area contributed by atoms with Gasteiger partial charge in [-0.25, -0.2) is 0 Å². The molecule has 0 N–H and O–H groups in total. The van der Waals surface area contributed by atoms with Gasteiger partial charge in [0.05, 0.1) is 0 Å². The lowest BCUT2D eigenvalue weighted by Gasteiger charge is -2.27. The van der Waals surface area contributed by atoms with Gasteiger partial charge in [-0.05, 0) is 63.5 Å². The van der Waals surface area contributed by atoms with Gasteiger partial charge in [0, 0.05) is 0 Å². The van der Waals surface area contributed by atoms with Gasteiger partial charge in [-0.3, -0.25) is 0 Å². The van der Waals surface area contributed by atoms with E-state index < -0.39 is 0 Å². The molecule has 2 aromatic carbocycles. The van der Waals surface area contributed by atoms with Crippen molar-refractivity contribution in [1.82, 2.24) is 0 Å². The number of rotatable bonds is 4. The Morgan fingerprint density at radius 3 is 2.23 bits per heavy atom. The van der Waals surface area contributed by atoms with E-state index >= 15 is 0 Å². The Labute approximate surface area is 160 Å². The fourth-order valence-corrected chi connectivity index (χ4v) is 4.28. The molecule has 0 unspecified atom stereocenters. The molecule has 138 valence electrons. The second-order valence-corrected chi connectivity index (χ2v) is 9.63. The van der Waals surface area contributed by atoms with Crippen LogP contribution in [0.15, 0.2) is 42.0 Å². The van der Waals surface area contributed by atoms with Crippen LogP contribution in [0.4, 0.5) is 0 Å². The Balaban J connectivity index is 2.27. The molecular formula is C26H34. The highest BCUT2D eigenvalue weighted by atomic mass is 14.3. The molecule has 0 nitrogen and oxygen atoms in total. The highest BCUT2D eigenvalue weighted by Gasteiger charge is 2.26. The van der Waals surface area contributed by atoms with Gasteiger partial charge < -0.3 is 0 Å².